The van der Waals surface area contributed by atoms with Crippen LogP contribution in [0.15, 0.2) is 202 Å². The highest BCUT2D eigenvalue weighted by Crippen LogP contribution is 2.38. The molecule has 0 aliphatic carbocycles. The fraction of sp³-hybridized carbons (Fsp3) is 0.189. The van der Waals surface area contributed by atoms with Gasteiger partial charge in [0.2, 0.25) is 0 Å². The number of hydrogen-bond donors (Lipinski definition) is 8. The van der Waals surface area contributed by atoms with Gasteiger partial charge < -0.3 is 54.1 Å². The highest BCUT2D eigenvalue weighted by atomic mass is 79.9. The predicted molar refractivity (Wildman–Crippen MR) is 395 cm³/mol. The predicted octanol–water partition coefficient (Wildman–Crippen LogP) is 17.4. The van der Waals surface area contributed by atoms with Gasteiger partial charge in [-0.05, 0) is 220 Å². The van der Waals surface area contributed by atoms with Crippen LogP contribution in [0.2, 0.25) is 0 Å². The highest BCUT2D eigenvalue weighted by Gasteiger charge is 2.16. The largest absolute Gasteiger partial charge is 0.508 e. The van der Waals surface area contributed by atoms with Crippen LogP contribution in [0.1, 0.15) is 74.9 Å². The molecule has 0 saturated heterocycles. The fourth-order valence-corrected chi connectivity index (χ4v) is 11.4. The number of ether oxygens (including phenoxy) is 2. The minimum Gasteiger partial charge on any atom is -0.508 e. The Morgan fingerprint density at radius 3 is 1.15 bits per heavy atom. The maximum absolute atomic E-state index is 9.47. The smallest absolute Gasteiger partial charge is 0.137 e. The number of benzene rings is 5. The van der Waals surface area contributed by atoms with Crippen molar-refractivity contribution >= 4 is 82.7 Å². The van der Waals surface area contributed by atoms with Crippen molar-refractivity contribution in [3.63, 3.8) is 0 Å². The maximum Gasteiger partial charge on any atom is 0.137 e. The van der Waals surface area contributed by atoms with Crippen LogP contribution in [0.3, 0.4) is 0 Å². The summed E-state index contributed by atoms with van der Waals surface area (Å²) in [6.45, 7) is 12.6. The topological polar surface area (TPSA) is 292 Å². The number of nitrogen functional groups attached to an aromatic ring is 6. The number of aryl methyl sites for hydroxylation is 3. The van der Waals surface area contributed by atoms with Gasteiger partial charge in [0.05, 0.1) is 23.2 Å². The second-order valence-corrected chi connectivity index (χ2v) is 23.1. The Balaban J connectivity index is 0.000000181. The summed E-state index contributed by atoms with van der Waals surface area (Å²) in [4.78, 5) is 24.7. The molecule has 6 heterocycles. The third kappa shape index (κ3) is 20.5. The number of methoxy groups -OCH3 is 2. The van der Waals surface area contributed by atoms with Gasteiger partial charge in [-0.1, -0.05) is 120 Å². The zero-order chi connectivity index (χ0) is 67.6. The van der Waals surface area contributed by atoms with Crippen molar-refractivity contribution in [2.24, 2.45) is 0 Å². The summed E-state index contributed by atoms with van der Waals surface area (Å²) in [7, 11) is 3.32. The van der Waals surface area contributed by atoms with Crippen molar-refractivity contribution in [1.82, 2.24) is 29.9 Å². The number of rotatable bonds is 13. The zero-order valence-corrected chi connectivity index (χ0v) is 58.4. The number of anilines is 6. The second-order valence-electron chi connectivity index (χ2n) is 20.7. The molecule has 482 valence electrons. The molecular weight excluding hydrogens is 1360 g/mol. The van der Waals surface area contributed by atoms with Gasteiger partial charge in [0.1, 0.15) is 57.9 Å². The van der Waals surface area contributed by atoms with Gasteiger partial charge >= 0.3 is 0 Å². The molecule has 16 nitrogen and oxygen atoms in total. The number of hydrogen-bond acceptors (Lipinski definition) is 16. The van der Waals surface area contributed by atoms with Crippen LogP contribution >= 0.6 is 47.8 Å². The maximum atomic E-state index is 9.47. The first kappa shape index (κ1) is 72.5. The average Bonchev–Trinajstić information content (AvgIpc) is 0.968. The number of halogens is 3. The standard InChI is InChI=1S/C19H18N2O.C14H15BrN2O.C14H16N2O.C13H13BrN2O.C7H9BrN2.C7H10N2/c1-2-16-17(13-8-10-15(22)11-9-13)12-21-19(20)18(16)14-6-4-3-5-7-14;1-3-11-12(8-17-14(16)13(11)15)9-4-6-10(18-2)7-5-9;1-3-10-8-14(15)16-9-13(10)11-4-6-12(17-2)7-5-11;1-2-10-11(7-16-13(15)12(10)14)8-3-5-9(17)6-4-8;1-2-5-3-7(9)10-4-6(5)8;1-2-6-3-4-9-7(8)5-6/h3-12,22H,2H2,1H3,(H2,20,21);4-8H,3H2,1-2H3,(H2,16,17);4-9H,3H2,1-2H3,(H2,15,16);3-7,17H,2H2,1H3,(H2,15,16);3-4H,2H2,1H3,(H2,9,10);3-5H,2H2,1H3,(H2,8,9). The summed E-state index contributed by atoms with van der Waals surface area (Å²) >= 11 is 10.3. The molecule has 0 radical (unpaired) electrons. The van der Waals surface area contributed by atoms with Crippen LogP contribution in [0.4, 0.5) is 34.9 Å². The van der Waals surface area contributed by atoms with E-state index in [9.17, 15) is 10.2 Å². The molecule has 19 heteroatoms. The Kier molecular flexibility index (Phi) is 28.4. The lowest BCUT2D eigenvalue weighted by atomic mass is 9.92. The third-order valence-electron chi connectivity index (χ3n) is 14.8. The Bertz CT molecular complexity index is 4150. The first-order chi connectivity index (χ1) is 44.8. The Morgan fingerprint density at radius 1 is 0.366 bits per heavy atom. The average molecular weight is 1440 g/mol. The van der Waals surface area contributed by atoms with E-state index in [-0.39, 0.29) is 11.5 Å². The Labute approximate surface area is 571 Å². The minimum atomic E-state index is 0.258. The van der Waals surface area contributed by atoms with Gasteiger partial charge in [0, 0.05) is 69.5 Å². The van der Waals surface area contributed by atoms with E-state index in [1.165, 1.54) is 27.8 Å². The van der Waals surface area contributed by atoms with Gasteiger partial charge in [0.25, 0.3) is 0 Å². The molecule has 11 aromatic rings. The third-order valence-corrected chi connectivity index (χ3v) is 17.3. The van der Waals surface area contributed by atoms with E-state index >= 15 is 0 Å². The van der Waals surface area contributed by atoms with E-state index in [0.717, 1.165) is 125 Å². The van der Waals surface area contributed by atoms with E-state index in [1.807, 2.05) is 146 Å². The molecule has 11 rings (SSSR count). The van der Waals surface area contributed by atoms with Crippen LogP contribution in [-0.4, -0.2) is 54.3 Å². The molecule has 93 heavy (non-hydrogen) atoms. The number of phenols is 2. The number of aromatic hydroxyl groups is 2. The molecule has 0 fully saturated rings. The first-order valence-corrected chi connectivity index (χ1v) is 32.6. The van der Waals surface area contributed by atoms with Gasteiger partial charge in [-0.3, -0.25) is 0 Å². The van der Waals surface area contributed by atoms with Gasteiger partial charge in [-0.15, -0.1) is 0 Å². The summed E-state index contributed by atoms with van der Waals surface area (Å²) in [5.41, 5.74) is 52.1. The van der Waals surface area contributed by atoms with E-state index in [4.69, 9.17) is 43.9 Å². The van der Waals surface area contributed by atoms with Crippen LogP contribution in [0, 0.1) is 0 Å². The zero-order valence-electron chi connectivity index (χ0n) is 53.6. The minimum absolute atomic E-state index is 0.258. The molecule has 0 spiro atoms. The van der Waals surface area contributed by atoms with Crippen LogP contribution < -0.4 is 43.9 Å². The van der Waals surface area contributed by atoms with Gasteiger partial charge in [-0.2, -0.15) is 0 Å². The van der Waals surface area contributed by atoms with Crippen molar-refractivity contribution in [2.45, 2.75) is 80.1 Å². The summed E-state index contributed by atoms with van der Waals surface area (Å²) in [5, 5.41) is 18.8. The quantitative estimate of drug-likeness (QED) is 0.0532. The molecule has 0 saturated carbocycles. The summed E-state index contributed by atoms with van der Waals surface area (Å²) in [5.74, 6) is 5.56. The molecule has 0 atom stereocenters. The van der Waals surface area contributed by atoms with Gasteiger partial charge in [0.15, 0.2) is 0 Å². The molecular formula is C74H81Br3N12O4. The molecule has 0 amide bonds. The van der Waals surface area contributed by atoms with Gasteiger partial charge in [-0.25, -0.2) is 29.9 Å². The SMILES string of the molecule is CCc1c(-c2ccc(O)cc2)cnc(N)c1-c1ccccc1.CCc1c(-c2ccc(O)cc2)cnc(N)c1Br.CCc1c(-c2ccc(OC)cc2)cnc(N)c1Br.CCc1cc(N)ncc1-c1ccc(OC)cc1.CCc1cc(N)ncc1Br.CCc1ccnc(N)c1. The van der Waals surface area contributed by atoms with E-state index in [1.54, 1.807) is 57.1 Å². The number of phenolic OH excluding ortho intramolecular Hbond substituents is 2. The normalized spacial score (nSPS) is 10.3. The molecule has 14 N–H and O–H groups in total. The van der Waals surface area contributed by atoms with E-state index in [0.29, 0.717) is 34.9 Å². The van der Waals surface area contributed by atoms with Crippen molar-refractivity contribution < 1.29 is 19.7 Å². The van der Waals surface area contributed by atoms with Crippen LogP contribution in [0.25, 0.3) is 55.6 Å². The van der Waals surface area contributed by atoms with E-state index < -0.39 is 0 Å². The van der Waals surface area contributed by atoms with Crippen molar-refractivity contribution in [3.8, 4) is 78.6 Å². The Morgan fingerprint density at radius 2 is 0.753 bits per heavy atom. The Hall–Kier alpha value is -9.56. The summed E-state index contributed by atoms with van der Waals surface area (Å²) < 4.78 is 13.1. The highest BCUT2D eigenvalue weighted by molar-refractivity contribution is 9.11. The monoisotopic (exact) mass is 1440 g/mol. The second kappa shape index (κ2) is 36.5. The first-order valence-electron chi connectivity index (χ1n) is 30.2. The number of nitrogens with two attached hydrogens (primary N) is 6. The summed E-state index contributed by atoms with van der Waals surface area (Å²) in [6.07, 6.45) is 16.2. The molecule has 0 unspecified atom stereocenters. The lowest BCUT2D eigenvalue weighted by Gasteiger charge is -2.16. The fourth-order valence-electron chi connectivity index (χ4n) is 9.76. The summed E-state index contributed by atoms with van der Waals surface area (Å²) in [6, 6.07) is 47.9. The molecule has 0 aliphatic rings. The van der Waals surface area contributed by atoms with Crippen molar-refractivity contribution in [3.05, 3.63) is 236 Å². The molecule has 6 aromatic heterocycles. The van der Waals surface area contributed by atoms with Crippen LogP contribution in [0.5, 0.6) is 23.0 Å². The lowest BCUT2D eigenvalue weighted by molar-refractivity contribution is 0.415. The number of pyridine rings is 6. The van der Waals surface area contributed by atoms with E-state index in [2.05, 4.69) is 119 Å². The number of nitrogens with zero attached hydrogens (tertiary/aromatic N) is 6. The lowest BCUT2D eigenvalue weighted by Crippen LogP contribution is -2.01. The van der Waals surface area contributed by atoms with Crippen LogP contribution in [-0.2, 0) is 38.5 Å². The number of aromatic nitrogens is 6. The van der Waals surface area contributed by atoms with Crippen molar-refractivity contribution in [2.75, 3.05) is 48.6 Å². The molecule has 5 aromatic carbocycles. The molecule has 0 bridgehead atoms. The molecule has 0 aliphatic heterocycles. The van der Waals surface area contributed by atoms with Crippen molar-refractivity contribution in [1.29, 1.82) is 0 Å².